The molecule has 1 atom stereocenters. The Morgan fingerprint density at radius 1 is 1.12 bits per heavy atom. The number of carbonyl (C=O) groups is 1. The number of sulfonamides is 1. The normalized spacial score (nSPS) is 12.5. The van der Waals surface area contributed by atoms with E-state index < -0.39 is 16.3 Å². The fourth-order valence-electron chi connectivity index (χ4n) is 4.45. The standard InChI is InChI=1S/C29H37N5O7S2/c1-33-12-11-30-29(33)43(36,37)34(2)24-17-22(41-14-13-38-3)15-21-16-23(32-26(21)24)27(35)31-18-25(28(39-4)40-5)42-19-20-9-7-6-8-10-20/h6-12,15-17,25,28,32H,13-14,18-19H2,1-5H3,(H,31,35). The van der Waals surface area contributed by atoms with Crippen LogP contribution in [0.1, 0.15) is 16.1 Å². The van der Waals surface area contributed by atoms with Gasteiger partial charge in [-0.25, -0.2) is 4.98 Å². The van der Waals surface area contributed by atoms with Gasteiger partial charge in [0.05, 0.1) is 23.1 Å². The predicted octanol–water partition coefficient (Wildman–Crippen LogP) is 3.40. The summed E-state index contributed by atoms with van der Waals surface area (Å²) in [5, 5.41) is 3.24. The Balaban J connectivity index is 1.60. The highest BCUT2D eigenvalue weighted by Crippen LogP contribution is 2.34. The number of ether oxygens (including phenoxy) is 4. The summed E-state index contributed by atoms with van der Waals surface area (Å²) in [6.45, 7) is 0.879. The molecule has 0 saturated carbocycles. The molecule has 232 valence electrons. The van der Waals surface area contributed by atoms with Gasteiger partial charge in [0.2, 0.25) is 5.16 Å². The molecule has 1 unspecified atom stereocenters. The molecule has 0 fully saturated rings. The number of nitrogens with one attached hydrogen (secondary N) is 2. The number of carbonyl (C=O) groups excluding carboxylic acids is 1. The summed E-state index contributed by atoms with van der Waals surface area (Å²) in [5.41, 5.74) is 2.14. The van der Waals surface area contributed by atoms with E-state index in [0.29, 0.717) is 34.7 Å². The zero-order valence-corrected chi connectivity index (χ0v) is 26.4. The molecule has 4 rings (SSSR count). The molecule has 2 aromatic carbocycles. The highest BCUT2D eigenvalue weighted by molar-refractivity contribution is 7.99. The lowest BCUT2D eigenvalue weighted by molar-refractivity contribution is -0.101. The van der Waals surface area contributed by atoms with Gasteiger partial charge < -0.3 is 33.8 Å². The molecule has 14 heteroatoms. The number of nitrogens with zero attached hydrogens (tertiary/aromatic N) is 3. The van der Waals surface area contributed by atoms with Crippen LogP contribution in [0.2, 0.25) is 0 Å². The van der Waals surface area contributed by atoms with Crippen molar-refractivity contribution in [1.29, 1.82) is 0 Å². The SMILES string of the molecule is COCCOc1cc(N(C)S(=O)(=O)c2nccn2C)c2[nH]c(C(=O)NCC(SCc3ccccc3)C(OC)OC)cc2c1. The Morgan fingerprint density at radius 3 is 2.51 bits per heavy atom. The topological polar surface area (TPSA) is 137 Å². The fraction of sp³-hybridized carbons (Fsp3) is 0.379. The summed E-state index contributed by atoms with van der Waals surface area (Å²) < 4.78 is 51.5. The van der Waals surface area contributed by atoms with Gasteiger partial charge in [0.1, 0.15) is 18.1 Å². The Kier molecular flexibility index (Phi) is 11.1. The van der Waals surface area contributed by atoms with Gasteiger partial charge in [-0.2, -0.15) is 8.42 Å². The molecule has 43 heavy (non-hydrogen) atoms. The molecular formula is C29H37N5O7S2. The summed E-state index contributed by atoms with van der Waals surface area (Å²) in [5.74, 6) is 0.769. The molecule has 2 heterocycles. The number of rotatable bonds is 16. The zero-order valence-electron chi connectivity index (χ0n) is 24.8. The summed E-state index contributed by atoms with van der Waals surface area (Å²) in [7, 11) is 3.69. The number of aryl methyl sites for hydroxylation is 1. The number of imidazole rings is 1. The van der Waals surface area contributed by atoms with Crippen LogP contribution in [0.4, 0.5) is 5.69 Å². The summed E-state index contributed by atoms with van der Waals surface area (Å²) in [6.07, 6.45) is 2.43. The number of fused-ring (bicyclic) bond motifs is 1. The number of methoxy groups -OCH3 is 3. The summed E-state index contributed by atoms with van der Waals surface area (Å²) >= 11 is 1.61. The Hall–Kier alpha value is -3.56. The number of H-pyrrole nitrogens is 1. The number of hydrogen-bond donors (Lipinski definition) is 2. The van der Waals surface area contributed by atoms with Crippen LogP contribution in [-0.4, -0.2) is 88.5 Å². The van der Waals surface area contributed by atoms with Gasteiger partial charge in [0, 0.05) is 71.6 Å². The number of benzene rings is 2. The van der Waals surface area contributed by atoms with E-state index in [1.807, 2.05) is 30.3 Å². The molecule has 12 nitrogen and oxygen atoms in total. The average molecular weight is 632 g/mol. The third kappa shape index (κ3) is 7.70. The molecule has 0 radical (unpaired) electrons. The second-order valence-corrected chi connectivity index (χ2v) is 12.7. The lowest BCUT2D eigenvalue weighted by Gasteiger charge is -2.24. The van der Waals surface area contributed by atoms with Gasteiger partial charge in [-0.3, -0.25) is 9.10 Å². The third-order valence-corrected chi connectivity index (χ3v) is 9.82. The maximum atomic E-state index is 13.5. The first-order valence-corrected chi connectivity index (χ1v) is 15.9. The molecule has 1 amide bonds. The minimum Gasteiger partial charge on any atom is -0.491 e. The van der Waals surface area contributed by atoms with E-state index in [-0.39, 0.29) is 35.2 Å². The van der Waals surface area contributed by atoms with Gasteiger partial charge in [0.25, 0.3) is 15.9 Å². The largest absolute Gasteiger partial charge is 0.491 e. The molecule has 0 saturated heterocycles. The quantitative estimate of drug-likeness (QED) is 0.141. The molecule has 4 aromatic rings. The minimum absolute atomic E-state index is 0.122. The van der Waals surface area contributed by atoms with Crippen LogP contribution >= 0.6 is 11.8 Å². The molecule has 0 bridgehead atoms. The molecule has 2 aromatic heterocycles. The van der Waals surface area contributed by atoms with Crippen LogP contribution in [0.5, 0.6) is 5.75 Å². The average Bonchev–Trinajstić information content (AvgIpc) is 3.65. The lowest BCUT2D eigenvalue weighted by atomic mass is 10.2. The zero-order chi connectivity index (χ0) is 31.0. The van der Waals surface area contributed by atoms with E-state index in [2.05, 4.69) is 15.3 Å². The van der Waals surface area contributed by atoms with Gasteiger partial charge in [-0.05, 0) is 17.7 Å². The van der Waals surface area contributed by atoms with Crippen molar-refractivity contribution in [3.05, 3.63) is 72.2 Å². The minimum atomic E-state index is -4.04. The van der Waals surface area contributed by atoms with E-state index in [0.717, 1.165) is 9.87 Å². The summed E-state index contributed by atoms with van der Waals surface area (Å²) in [4.78, 5) is 20.5. The summed E-state index contributed by atoms with van der Waals surface area (Å²) in [6, 6.07) is 15.0. The molecule has 0 aliphatic carbocycles. The van der Waals surface area contributed by atoms with Crippen molar-refractivity contribution in [3.8, 4) is 5.75 Å². The second-order valence-electron chi connectivity index (χ2n) is 9.61. The van der Waals surface area contributed by atoms with Crippen molar-refractivity contribution in [3.63, 3.8) is 0 Å². The van der Waals surface area contributed by atoms with Crippen LogP contribution in [0, 0.1) is 0 Å². The van der Waals surface area contributed by atoms with Gasteiger partial charge in [-0.15, -0.1) is 11.8 Å². The fourth-order valence-corrected chi connectivity index (χ4v) is 6.89. The number of thioether (sulfide) groups is 1. The maximum Gasteiger partial charge on any atom is 0.298 e. The van der Waals surface area contributed by atoms with Crippen molar-refractivity contribution in [2.24, 2.45) is 7.05 Å². The number of aromatic amines is 1. The van der Waals surface area contributed by atoms with E-state index in [9.17, 15) is 13.2 Å². The molecular weight excluding hydrogens is 594 g/mol. The number of amides is 1. The van der Waals surface area contributed by atoms with Crippen molar-refractivity contribution in [1.82, 2.24) is 19.9 Å². The van der Waals surface area contributed by atoms with Gasteiger partial charge in [0.15, 0.2) is 6.29 Å². The number of hydrogen-bond acceptors (Lipinski definition) is 9. The number of aromatic nitrogens is 3. The smallest absolute Gasteiger partial charge is 0.298 e. The molecule has 2 N–H and O–H groups in total. The van der Waals surface area contributed by atoms with Crippen molar-refractivity contribution in [2.45, 2.75) is 22.4 Å². The van der Waals surface area contributed by atoms with Crippen LogP contribution in [-0.2, 0) is 37.0 Å². The van der Waals surface area contributed by atoms with Crippen molar-refractivity contribution >= 4 is 44.3 Å². The van der Waals surface area contributed by atoms with Crippen LogP contribution in [0.15, 0.2) is 66.1 Å². The van der Waals surface area contributed by atoms with Crippen LogP contribution < -0.4 is 14.4 Å². The van der Waals surface area contributed by atoms with Crippen LogP contribution in [0.3, 0.4) is 0 Å². The molecule has 0 aliphatic rings. The Morgan fingerprint density at radius 2 is 1.86 bits per heavy atom. The first-order chi connectivity index (χ1) is 20.7. The van der Waals surface area contributed by atoms with Gasteiger partial charge >= 0.3 is 0 Å². The second kappa shape index (κ2) is 14.8. The first-order valence-electron chi connectivity index (χ1n) is 13.4. The Bertz CT molecular complexity index is 1600. The Labute approximate surface area is 255 Å². The van der Waals surface area contributed by atoms with Crippen molar-refractivity contribution < 1.29 is 32.2 Å². The van der Waals surface area contributed by atoms with Crippen molar-refractivity contribution in [2.75, 3.05) is 52.4 Å². The first kappa shape index (κ1) is 32.4. The maximum absolute atomic E-state index is 13.5. The van der Waals surface area contributed by atoms with E-state index in [1.165, 1.54) is 17.8 Å². The lowest BCUT2D eigenvalue weighted by Crippen LogP contribution is -2.39. The van der Waals surface area contributed by atoms with E-state index >= 15 is 0 Å². The van der Waals surface area contributed by atoms with Gasteiger partial charge in [-0.1, -0.05) is 30.3 Å². The predicted molar refractivity (Wildman–Crippen MR) is 166 cm³/mol. The highest BCUT2D eigenvalue weighted by Gasteiger charge is 2.29. The molecule has 0 spiro atoms. The highest BCUT2D eigenvalue weighted by atomic mass is 32.2. The van der Waals surface area contributed by atoms with E-state index in [1.54, 1.807) is 64.5 Å². The number of anilines is 1. The molecule has 0 aliphatic heterocycles. The van der Waals surface area contributed by atoms with Crippen LogP contribution in [0.25, 0.3) is 10.9 Å². The third-order valence-electron chi connectivity index (χ3n) is 6.73. The monoisotopic (exact) mass is 631 g/mol. The van der Waals surface area contributed by atoms with E-state index in [4.69, 9.17) is 18.9 Å².